The van der Waals surface area contributed by atoms with Gasteiger partial charge in [-0.15, -0.1) is 0 Å². The van der Waals surface area contributed by atoms with Crippen molar-refractivity contribution in [3.63, 3.8) is 0 Å². The van der Waals surface area contributed by atoms with Crippen molar-refractivity contribution >= 4 is 5.91 Å². The van der Waals surface area contributed by atoms with Crippen molar-refractivity contribution < 1.29 is 14.3 Å². The first-order chi connectivity index (χ1) is 10.2. The molecule has 1 amide bonds. The SMILES string of the molecule is CCCN(C(=O)c1ccc(OC)cc1OC)C1CCNC1. The fourth-order valence-electron chi connectivity index (χ4n) is 2.73. The van der Waals surface area contributed by atoms with Gasteiger partial charge in [0.2, 0.25) is 0 Å². The molecule has 0 spiro atoms. The van der Waals surface area contributed by atoms with Crippen molar-refractivity contribution in [2.75, 3.05) is 33.9 Å². The van der Waals surface area contributed by atoms with E-state index in [1.807, 2.05) is 4.90 Å². The molecule has 1 aromatic carbocycles. The number of rotatable bonds is 6. The van der Waals surface area contributed by atoms with E-state index in [9.17, 15) is 4.79 Å². The molecule has 5 heteroatoms. The third-order valence-corrected chi connectivity index (χ3v) is 3.84. The summed E-state index contributed by atoms with van der Waals surface area (Å²) in [5, 5.41) is 3.32. The molecule has 1 atom stereocenters. The molecule has 0 aromatic heterocycles. The standard InChI is InChI=1S/C16H24N2O3/c1-4-9-18(12-7-8-17-11-12)16(19)14-6-5-13(20-2)10-15(14)21-3/h5-6,10,12,17H,4,7-9,11H2,1-3H3. The predicted molar refractivity (Wildman–Crippen MR) is 82.1 cm³/mol. The van der Waals surface area contributed by atoms with E-state index in [0.717, 1.165) is 32.5 Å². The Bertz CT molecular complexity index is 484. The van der Waals surface area contributed by atoms with Crippen LogP contribution in [0.2, 0.25) is 0 Å². The zero-order valence-electron chi connectivity index (χ0n) is 13.0. The molecule has 1 N–H and O–H groups in total. The Labute approximate surface area is 126 Å². The van der Waals surface area contributed by atoms with E-state index in [1.165, 1.54) is 0 Å². The first kappa shape index (κ1) is 15.6. The first-order valence-electron chi connectivity index (χ1n) is 7.45. The van der Waals surface area contributed by atoms with Gasteiger partial charge in [-0.2, -0.15) is 0 Å². The van der Waals surface area contributed by atoms with Crippen LogP contribution in [0.25, 0.3) is 0 Å². The van der Waals surface area contributed by atoms with E-state index >= 15 is 0 Å². The van der Waals surface area contributed by atoms with E-state index in [0.29, 0.717) is 17.1 Å². The van der Waals surface area contributed by atoms with Gasteiger partial charge in [-0.3, -0.25) is 4.79 Å². The zero-order valence-corrected chi connectivity index (χ0v) is 13.0. The van der Waals surface area contributed by atoms with Gasteiger partial charge in [-0.1, -0.05) is 6.92 Å². The van der Waals surface area contributed by atoms with Gasteiger partial charge in [0.25, 0.3) is 5.91 Å². The van der Waals surface area contributed by atoms with Crippen LogP contribution >= 0.6 is 0 Å². The molecule has 0 saturated carbocycles. The average Bonchev–Trinajstić information content (AvgIpc) is 3.05. The van der Waals surface area contributed by atoms with Crippen LogP contribution in [0.5, 0.6) is 11.5 Å². The monoisotopic (exact) mass is 292 g/mol. The summed E-state index contributed by atoms with van der Waals surface area (Å²) < 4.78 is 10.5. The quantitative estimate of drug-likeness (QED) is 0.870. The lowest BCUT2D eigenvalue weighted by Gasteiger charge is -2.29. The van der Waals surface area contributed by atoms with E-state index in [4.69, 9.17) is 9.47 Å². The van der Waals surface area contributed by atoms with Crippen LogP contribution in [0.1, 0.15) is 30.1 Å². The smallest absolute Gasteiger partial charge is 0.257 e. The normalized spacial score (nSPS) is 17.6. The number of hydrogen-bond donors (Lipinski definition) is 1. The number of methoxy groups -OCH3 is 2. The van der Waals surface area contributed by atoms with Gasteiger partial charge in [0.15, 0.2) is 0 Å². The second kappa shape index (κ2) is 7.31. The molecule has 5 nitrogen and oxygen atoms in total. The topological polar surface area (TPSA) is 50.8 Å². The maximum atomic E-state index is 12.9. The minimum absolute atomic E-state index is 0.0325. The van der Waals surface area contributed by atoms with Crippen LogP contribution in [0.4, 0.5) is 0 Å². The predicted octanol–water partition coefficient (Wildman–Crippen LogP) is 1.92. The van der Waals surface area contributed by atoms with Crippen LogP contribution in [0.15, 0.2) is 18.2 Å². The highest BCUT2D eigenvalue weighted by Crippen LogP contribution is 2.27. The van der Waals surface area contributed by atoms with Gasteiger partial charge in [-0.05, 0) is 31.5 Å². The van der Waals surface area contributed by atoms with Gasteiger partial charge in [0.1, 0.15) is 11.5 Å². The summed E-state index contributed by atoms with van der Waals surface area (Å²) >= 11 is 0. The maximum absolute atomic E-state index is 12.9. The third-order valence-electron chi connectivity index (χ3n) is 3.84. The van der Waals surface area contributed by atoms with E-state index in [2.05, 4.69) is 12.2 Å². The highest BCUT2D eigenvalue weighted by Gasteiger charge is 2.28. The van der Waals surface area contributed by atoms with Crippen molar-refractivity contribution in [3.8, 4) is 11.5 Å². The number of carbonyl (C=O) groups is 1. The minimum Gasteiger partial charge on any atom is -0.497 e. The van der Waals surface area contributed by atoms with Crippen LogP contribution in [-0.4, -0.2) is 50.7 Å². The number of carbonyl (C=O) groups excluding carboxylic acids is 1. The van der Waals surface area contributed by atoms with Crippen LogP contribution in [-0.2, 0) is 0 Å². The van der Waals surface area contributed by atoms with Gasteiger partial charge >= 0.3 is 0 Å². The van der Waals surface area contributed by atoms with Crippen molar-refractivity contribution in [2.45, 2.75) is 25.8 Å². The second-order valence-electron chi connectivity index (χ2n) is 5.21. The summed E-state index contributed by atoms with van der Waals surface area (Å²) in [6.07, 6.45) is 1.95. The largest absolute Gasteiger partial charge is 0.497 e. The number of nitrogens with zero attached hydrogens (tertiary/aromatic N) is 1. The summed E-state index contributed by atoms with van der Waals surface area (Å²) in [7, 11) is 3.18. The lowest BCUT2D eigenvalue weighted by Crippen LogP contribution is -2.42. The van der Waals surface area contributed by atoms with Gasteiger partial charge in [-0.25, -0.2) is 0 Å². The average molecular weight is 292 g/mol. The molecule has 1 unspecified atom stereocenters. The molecule has 1 saturated heterocycles. The Kier molecular flexibility index (Phi) is 5.44. The summed E-state index contributed by atoms with van der Waals surface area (Å²) in [4.78, 5) is 14.8. The van der Waals surface area contributed by atoms with Crippen molar-refractivity contribution in [1.82, 2.24) is 10.2 Å². The van der Waals surface area contributed by atoms with Crippen LogP contribution in [0, 0.1) is 0 Å². The Hall–Kier alpha value is -1.75. The Balaban J connectivity index is 2.27. The van der Waals surface area contributed by atoms with E-state index in [-0.39, 0.29) is 11.9 Å². The molecular weight excluding hydrogens is 268 g/mol. The Morgan fingerprint density at radius 1 is 1.38 bits per heavy atom. The highest BCUT2D eigenvalue weighted by atomic mass is 16.5. The molecule has 0 radical (unpaired) electrons. The molecule has 1 aliphatic heterocycles. The third kappa shape index (κ3) is 3.47. The van der Waals surface area contributed by atoms with Crippen molar-refractivity contribution in [2.24, 2.45) is 0 Å². The van der Waals surface area contributed by atoms with Gasteiger partial charge in [0, 0.05) is 25.2 Å². The maximum Gasteiger partial charge on any atom is 0.257 e. The summed E-state index contributed by atoms with van der Waals surface area (Å²) in [5.41, 5.74) is 0.596. The van der Waals surface area contributed by atoms with Gasteiger partial charge < -0.3 is 19.7 Å². The molecular formula is C16H24N2O3. The minimum atomic E-state index is 0.0325. The molecule has 0 aliphatic carbocycles. The number of benzene rings is 1. The fraction of sp³-hybridized carbons (Fsp3) is 0.562. The second-order valence-corrected chi connectivity index (χ2v) is 5.21. The van der Waals surface area contributed by atoms with Crippen molar-refractivity contribution in [3.05, 3.63) is 23.8 Å². The number of hydrogen-bond acceptors (Lipinski definition) is 4. The summed E-state index contributed by atoms with van der Waals surface area (Å²) in [6, 6.07) is 5.60. The zero-order chi connectivity index (χ0) is 15.2. The Morgan fingerprint density at radius 3 is 2.76 bits per heavy atom. The van der Waals surface area contributed by atoms with Crippen LogP contribution < -0.4 is 14.8 Å². The number of nitrogens with one attached hydrogen (secondary N) is 1. The molecule has 1 aromatic rings. The Morgan fingerprint density at radius 2 is 2.19 bits per heavy atom. The fourth-order valence-corrected chi connectivity index (χ4v) is 2.73. The van der Waals surface area contributed by atoms with Gasteiger partial charge in [0.05, 0.1) is 19.8 Å². The van der Waals surface area contributed by atoms with Crippen molar-refractivity contribution in [1.29, 1.82) is 0 Å². The number of amides is 1. The lowest BCUT2D eigenvalue weighted by molar-refractivity contribution is 0.0689. The highest BCUT2D eigenvalue weighted by molar-refractivity contribution is 5.97. The van der Waals surface area contributed by atoms with E-state index < -0.39 is 0 Å². The molecule has 2 rings (SSSR count). The summed E-state index contributed by atoms with van der Waals surface area (Å²) in [5.74, 6) is 1.28. The first-order valence-corrected chi connectivity index (χ1v) is 7.45. The molecule has 21 heavy (non-hydrogen) atoms. The summed E-state index contributed by atoms with van der Waals surface area (Å²) in [6.45, 7) is 4.69. The van der Waals surface area contributed by atoms with E-state index in [1.54, 1.807) is 32.4 Å². The molecule has 0 bridgehead atoms. The molecule has 1 fully saturated rings. The molecule has 116 valence electrons. The number of ether oxygens (including phenoxy) is 2. The van der Waals surface area contributed by atoms with Crippen LogP contribution in [0.3, 0.4) is 0 Å². The molecule has 1 aliphatic rings. The lowest BCUT2D eigenvalue weighted by atomic mass is 10.1. The molecule has 1 heterocycles.